The van der Waals surface area contributed by atoms with Gasteiger partial charge in [-0.1, -0.05) is 35.9 Å². The van der Waals surface area contributed by atoms with E-state index in [1.165, 1.54) is 0 Å². The van der Waals surface area contributed by atoms with Crippen LogP contribution in [0.4, 0.5) is 5.69 Å². The zero-order valence-electron chi connectivity index (χ0n) is 8.24. The summed E-state index contributed by atoms with van der Waals surface area (Å²) < 4.78 is 0. The van der Waals surface area contributed by atoms with Crippen molar-refractivity contribution in [1.29, 1.82) is 0 Å². The second-order valence-electron chi connectivity index (χ2n) is 3.29. The zero-order chi connectivity index (χ0) is 10.8. The van der Waals surface area contributed by atoms with Crippen molar-refractivity contribution in [3.8, 4) is 11.3 Å². The first-order valence-corrected chi connectivity index (χ1v) is 4.91. The average molecular weight is 220 g/mol. The first-order valence-electron chi connectivity index (χ1n) is 4.53. The van der Waals surface area contributed by atoms with E-state index in [9.17, 15) is 0 Å². The molecule has 0 saturated carbocycles. The van der Waals surface area contributed by atoms with Crippen LogP contribution in [0.3, 0.4) is 0 Å². The zero-order valence-corrected chi connectivity index (χ0v) is 8.99. The fourth-order valence-electron chi connectivity index (χ4n) is 1.38. The summed E-state index contributed by atoms with van der Waals surface area (Å²) in [5.74, 6) is 0. The number of aryl methyl sites for hydroxylation is 1. The third-order valence-corrected chi connectivity index (χ3v) is 2.49. The van der Waals surface area contributed by atoms with Crippen LogP contribution in [0.2, 0.25) is 5.15 Å². The van der Waals surface area contributed by atoms with Crippen LogP contribution in [0, 0.1) is 6.92 Å². The van der Waals surface area contributed by atoms with Gasteiger partial charge in [-0.25, -0.2) is 0 Å². The van der Waals surface area contributed by atoms with Gasteiger partial charge in [-0.15, -0.1) is 10.2 Å². The molecule has 2 rings (SSSR count). The number of nitrogens with zero attached hydrogens (tertiary/aromatic N) is 2. The van der Waals surface area contributed by atoms with E-state index in [4.69, 9.17) is 17.3 Å². The molecule has 15 heavy (non-hydrogen) atoms. The molecule has 0 saturated heterocycles. The Bertz CT molecular complexity index is 497. The molecule has 1 aromatic heterocycles. The molecule has 2 aromatic rings. The molecular formula is C11H10ClN3. The molecule has 1 heterocycles. The third kappa shape index (κ3) is 1.92. The Labute approximate surface area is 92.9 Å². The highest BCUT2D eigenvalue weighted by molar-refractivity contribution is 6.31. The second-order valence-corrected chi connectivity index (χ2v) is 3.65. The molecule has 76 valence electrons. The summed E-state index contributed by atoms with van der Waals surface area (Å²) in [5, 5.41) is 8.04. The fraction of sp³-hybridized carbons (Fsp3) is 0.0909. The molecule has 0 radical (unpaired) electrons. The Hall–Kier alpha value is -1.61. The molecule has 0 fully saturated rings. The molecule has 3 nitrogen and oxygen atoms in total. The summed E-state index contributed by atoms with van der Waals surface area (Å²) in [4.78, 5) is 0. The lowest BCUT2D eigenvalue weighted by molar-refractivity contribution is 1.04. The van der Waals surface area contributed by atoms with E-state index in [0.717, 1.165) is 16.8 Å². The van der Waals surface area contributed by atoms with Crippen molar-refractivity contribution < 1.29 is 0 Å². The Morgan fingerprint density at radius 1 is 1.20 bits per heavy atom. The standard InChI is InChI=1S/C11H10ClN3/c1-7-4-2-3-5-8(7)10-6-9(13)11(12)15-14-10/h2-6H,1H3,(H2,13,14). The summed E-state index contributed by atoms with van der Waals surface area (Å²) in [7, 11) is 0. The van der Waals surface area contributed by atoms with Crippen LogP contribution in [0.5, 0.6) is 0 Å². The van der Waals surface area contributed by atoms with Crippen LogP contribution in [-0.4, -0.2) is 10.2 Å². The van der Waals surface area contributed by atoms with Crippen molar-refractivity contribution in [3.63, 3.8) is 0 Å². The van der Waals surface area contributed by atoms with Gasteiger partial charge >= 0.3 is 0 Å². The molecule has 2 N–H and O–H groups in total. The molecule has 0 spiro atoms. The lowest BCUT2D eigenvalue weighted by Crippen LogP contribution is -1.95. The molecule has 0 aliphatic heterocycles. The van der Waals surface area contributed by atoms with Crippen molar-refractivity contribution >= 4 is 17.3 Å². The van der Waals surface area contributed by atoms with Gasteiger partial charge < -0.3 is 5.73 Å². The van der Waals surface area contributed by atoms with E-state index < -0.39 is 0 Å². The minimum atomic E-state index is 0.243. The average Bonchev–Trinajstić information content (AvgIpc) is 2.23. The van der Waals surface area contributed by atoms with Gasteiger partial charge in [0.15, 0.2) is 5.15 Å². The Kier molecular flexibility index (Phi) is 2.56. The molecule has 0 amide bonds. The number of hydrogen-bond donors (Lipinski definition) is 1. The Morgan fingerprint density at radius 3 is 2.60 bits per heavy atom. The van der Waals surface area contributed by atoms with E-state index in [0.29, 0.717) is 5.69 Å². The predicted octanol–water partition coefficient (Wildman–Crippen LogP) is 2.69. The van der Waals surface area contributed by atoms with Gasteiger partial charge in [0.2, 0.25) is 0 Å². The minimum absolute atomic E-state index is 0.243. The smallest absolute Gasteiger partial charge is 0.174 e. The molecule has 0 atom stereocenters. The molecule has 0 bridgehead atoms. The largest absolute Gasteiger partial charge is 0.396 e. The van der Waals surface area contributed by atoms with Crippen molar-refractivity contribution in [3.05, 3.63) is 41.0 Å². The Morgan fingerprint density at radius 2 is 1.93 bits per heavy atom. The molecule has 0 unspecified atom stereocenters. The van der Waals surface area contributed by atoms with Gasteiger partial charge in [-0.3, -0.25) is 0 Å². The van der Waals surface area contributed by atoms with E-state index in [-0.39, 0.29) is 5.15 Å². The number of nitrogen functional groups attached to an aromatic ring is 1. The van der Waals surface area contributed by atoms with Crippen molar-refractivity contribution in [2.45, 2.75) is 6.92 Å². The maximum atomic E-state index is 5.71. The topological polar surface area (TPSA) is 51.8 Å². The first kappa shape index (κ1) is 9.93. The highest BCUT2D eigenvalue weighted by Crippen LogP contribution is 2.24. The van der Waals surface area contributed by atoms with Gasteiger partial charge in [0, 0.05) is 5.56 Å². The summed E-state index contributed by atoms with van der Waals surface area (Å²) in [6, 6.07) is 9.66. The maximum absolute atomic E-state index is 5.71. The van der Waals surface area contributed by atoms with E-state index >= 15 is 0 Å². The Balaban J connectivity index is 2.55. The molecular weight excluding hydrogens is 210 g/mol. The molecule has 0 aliphatic carbocycles. The predicted molar refractivity (Wildman–Crippen MR) is 61.6 cm³/mol. The van der Waals surface area contributed by atoms with E-state index in [2.05, 4.69) is 10.2 Å². The van der Waals surface area contributed by atoms with Crippen LogP contribution >= 0.6 is 11.6 Å². The minimum Gasteiger partial charge on any atom is -0.396 e. The van der Waals surface area contributed by atoms with Gasteiger partial charge in [0.05, 0.1) is 11.4 Å². The second kappa shape index (κ2) is 3.87. The molecule has 4 heteroatoms. The molecule has 0 aliphatic rings. The van der Waals surface area contributed by atoms with Gasteiger partial charge in [0.1, 0.15) is 0 Å². The quantitative estimate of drug-likeness (QED) is 0.802. The summed E-state index contributed by atoms with van der Waals surface area (Å²) in [6.07, 6.45) is 0. The van der Waals surface area contributed by atoms with Gasteiger partial charge in [0.25, 0.3) is 0 Å². The lowest BCUT2D eigenvalue weighted by Gasteiger charge is -2.04. The monoisotopic (exact) mass is 219 g/mol. The van der Waals surface area contributed by atoms with Crippen molar-refractivity contribution in [2.75, 3.05) is 5.73 Å². The highest BCUT2D eigenvalue weighted by atomic mass is 35.5. The summed E-state index contributed by atoms with van der Waals surface area (Å²) >= 11 is 5.71. The van der Waals surface area contributed by atoms with Crippen LogP contribution in [-0.2, 0) is 0 Å². The first-order chi connectivity index (χ1) is 7.18. The van der Waals surface area contributed by atoms with Crippen LogP contribution in [0.25, 0.3) is 11.3 Å². The van der Waals surface area contributed by atoms with Crippen LogP contribution in [0.15, 0.2) is 30.3 Å². The number of rotatable bonds is 1. The number of aromatic nitrogens is 2. The maximum Gasteiger partial charge on any atom is 0.174 e. The van der Waals surface area contributed by atoms with Crippen molar-refractivity contribution in [1.82, 2.24) is 10.2 Å². The van der Waals surface area contributed by atoms with Gasteiger partial charge in [-0.05, 0) is 18.6 Å². The van der Waals surface area contributed by atoms with E-state index in [1.807, 2.05) is 31.2 Å². The normalized spacial score (nSPS) is 10.3. The molecule has 1 aromatic carbocycles. The summed E-state index contributed by atoms with van der Waals surface area (Å²) in [6.45, 7) is 2.02. The van der Waals surface area contributed by atoms with Crippen LogP contribution < -0.4 is 5.73 Å². The highest BCUT2D eigenvalue weighted by Gasteiger charge is 2.05. The van der Waals surface area contributed by atoms with E-state index in [1.54, 1.807) is 6.07 Å². The summed E-state index contributed by atoms with van der Waals surface area (Å²) in [5.41, 5.74) is 9.02. The van der Waals surface area contributed by atoms with Gasteiger partial charge in [-0.2, -0.15) is 0 Å². The lowest BCUT2D eigenvalue weighted by atomic mass is 10.1. The number of benzene rings is 1. The van der Waals surface area contributed by atoms with Crippen molar-refractivity contribution in [2.24, 2.45) is 0 Å². The number of hydrogen-bond acceptors (Lipinski definition) is 3. The fourth-order valence-corrected chi connectivity index (χ4v) is 1.48. The van der Waals surface area contributed by atoms with Crippen LogP contribution in [0.1, 0.15) is 5.56 Å². The number of anilines is 1. The SMILES string of the molecule is Cc1ccccc1-c1cc(N)c(Cl)nn1. The number of halogens is 1. The number of nitrogens with two attached hydrogens (primary N) is 1. The third-order valence-electron chi connectivity index (χ3n) is 2.20.